The molecule has 0 aliphatic carbocycles. The Hall–Kier alpha value is -1.26. The minimum atomic E-state index is 0.0253. The number of nitrogens with one attached hydrogen (secondary N) is 1. The van der Waals surface area contributed by atoms with Crippen molar-refractivity contribution in [3.63, 3.8) is 0 Å². The summed E-state index contributed by atoms with van der Waals surface area (Å²) in [5.74, 6) is 0.482. The van der Waals surface area contributed by atoms with E-state index >= 15 is 0 Å². The van der Waals surface area contributed by atoms with E-state index in [0.717, 1.165) is 14.9 Å². The van der Waals surface area contributed by atoms with Gasteiger partial charge >= 0.3 is 0 Å². The Morgan fingerprint density at radius 3 is 2.45 bits per heavy atom. The Balaban J connectivity index is 1.88. The molecule has 0 saturated heterocycles. The molecule has 0 unspecified atom stereocenters. The average molecular weight is 378 g/mol. The molecule has 2 aromatic rings. The number of carbonyl (C=O) groups excluding carboxylic acids is 1. The Morgan fingerprint density at radius 2 is 1.82 bits per heavy atom. The molecule has 0 saturated carbocycles. The van der Waals surface area contributed by atoms with E-state index in [1.165, 1.54) is 11.1 Å². The Kier molecular flexibility index (Phi) is 6.09. The zero-order valence-electron chi connectivity index (χ0n) is 13.0. The fraction of sp³-hybridized carbons (Fsp3) is 0.278. The smallest absolute Gasteiger partial charge is 0.230 e. The molecule has 2 rings (SSSR count). The minimum Gasteiger partial charge on any atom is -0.349 e. The highest BCUT2D eigenvalue weighted by Gasteiger charge is 2.10. The summed E-state index contributed by atoms with van der Waals surface area (Å²) in [4.78, 5) is 13.2. The molecule has 1 N–H and O–H groups in total. The first-order chi connectivity index (χ1) is 10.5. The molecule has 0 aliphatic heterocycles. The normalized spacial score (nSPS) is 12.0. The summed E-state index contributed by atoms with van der Waals surface area (Å²) < 4.78 is 1.05. The van der Waals surface area contributed by atoms with Gasteiger partial charge in [-0.2, -0.15) is 0 Å². The third-order valence-corrected chi connectivity index (χ3v) is 5.13. The van der Waals surface area contributed by atoms with Crippen molar-refractivity contribution in [1.82, 2.24) is 5.32 Å². The molecule has 1 amide bonds. The van der Waals surface area contributed by atoms with Crippen LogP contribution < -0.4 is 5.32 Å². The van der Waals surface area contributed by atoms with Crippen LogP contribution in [-0.4, -0.2) is 11.7 Å². The number of rotatable bonds is 5. The first-order valence-electron chi connectivity index (χ1n) is 7.20. The Labute approximate surface area is 144 Å². The third kappa shape index (κ3) is 4.89. The van der Waals surface area contributed by atoms with E-state index in [1.807, 2.05) is 31.2 Å². The molecule has 4 heteroatoms. The minimum absolute atomic E-state index is 0.0253. The molecule has 0 aromatic heterocycles. The predicted molar refractivity (Wildman–Crippen MR) is 97.3 cm³/mol. The summed E-state index contributed by atoms with van der Waals surface area (Å²) in [6.07, 6.45) is 0. The molecular formula is C18H20BrNOS. The number of thioether (sulfide) groups is 1. The molecule has 0 heterocycles. The summed E-state index contributed by atoms with van der Waals surface area (Å²) >= 11 is 4.95. The second-order valence-electron chi connectivity index (χ2n) is 5.38. The Bertz CT molecular complexity index is 655. The van der Waals surface area contributed by atoms with Crippen molar-refractivity contribution in [3.8, 4) is 0 Å². The van der Waals surface area contributed by atoms with Crippen LogP contribution in [0, 0.1) is 13.8 Å². The summed E-state index contributed by atoms with van der Waals surface area (Å²) in [7, 11) is 0. The number of benzene rings is 2. The second kappa shape index (κ2) is 7.84. The SMILES string of the molecule is Cc1ccc([C@@H](C)NC(=O)CSc2ccc(Br)cc2)cc1C. The van der Waals surface area contributed by atoms with Crippen LogP contribution in [0.4, 0.5) is 0 Å². The topological polar surface area (TPSA) is 29.1 Å². The van der Waals surface area contributed by atoms with Crippen molar-refractivity contribution < 1.29 is 4.79 Å². The van der Waals surface area contributed by atoms with E-state index < -0.39 is 0 Å². The quantitative estimate of drug-likeness (QED) is 0.739. The molecule has 22 heavy (non-hydrogen) atoms. The number of carbonyl (C=O) groups is 1. The summed E-state index contributed by atoms with van der Waals surface area (Å²) in [6.45, 7) is 6.21. The van der Waals surface area contributed by atoms with Crippen molar-refractivity contribution in [3.05, 3.63) is 63.6 Å². The fourth-order valence-corrected chi connectivity index (χ4v) is 3.05. The zero-order chi connectivity index (χ0) is 16.1. The van der Waals surface area contributed by atoms with Crippen LogP contribution in [0.5, 0.6) is 0 Å². The van der Waals surface area contributed by atoms with E-state index in [-0.39, 0.29) is 11.9 Å². The lowest BCUT2D eigenvalue weighted by Gasteiger charge is -2.15. The van der Waals surface area contributed by atoms with Crippen molar-refractivity contribution >= 4 is 33.6 Å². The molecular weight excluding hydrogens is 358 g/mol. The van der Waals surface area contributed by atoms with Gasteiger partial charge in [-0.05, 0) is 61.7 Å². The van der Waals surface area contributed by atoms with Gasteiger partial charge in [-0.15, -0.1) is 11.8 Å². The van der Waals surface area contributed by atoms with Crippen molar-refractivity contribution in [2.75, 3.05) is 5.75 Å². The van der Waals surface area contributed by atoms with Gasteiger partial charge in [-0.3, -0.25) is 4.79 Å². The van der Waals surface area contributed by atoms with Gasteiger partial charge in [-0.25, -0.2) is 0 Å². The third-order valence-electron chi connectivity index (χ3n) is 3.59. The highest BCUT2D eigenvalue weighted by atomic mass is 79.9. The average Bonchev–Trinajstić information content (AvgIpc) is 2.49. The summed E-state index contributed by atoms with van der Waals surface area (Å²) in [6, 6.07) is 14.3. The van der Waals surface area contributed by atoms with E-state index in [2.05, 4.69) is 53.3 Å². The first-order valence-corrected chi connectivity index (χ1v) is 8.98. The number of aryl methyl sites for hydroxylation is 2. The summed E-state index contributed by atoms with van der Waals surface area (Å²) in [5.41, 5.74) is 3.67. The van der Waals surface area contributed by atoms with Crippen LogP contribution in [-0.2, 0) is 4.79 Å². The van der Waals surface area contributed by atoms with Gasteiger partial charge < -0.3 is 5.32 Å². The summed E-state index contributed by atoms with van der Waals surface area (Å²) in [5, 5.41) is 3.06. The lowest BCUT2D eigenvalue weighted by atomic mass is 10.0. The highest BCUT2D eigenvalue weighted by Crippen LogP contribution is 2.21. The van der Waals surface area contributed by atoms with E-state index in [9.17, 15) is 4.79 Å². The maximum absolute atomic E-state index is 12.1. The molecule has 0 spiro atoms. The van der Waals surface area contributed by atoms with Gasteiger partial charge in [0.15, 0.2) is 0 Å². The van der Waals surface area contributed by atoms with E-state index in [0.29, 0.717) is 5.75 Å². The molecule has 1 atom stereocenters. The van der Waals surface area contributed by atoms with Crippen LogP contribution in [0.15, 0.2) is 51.8 Å². The van der Waals surface area contributed by atoms with Gasteiger partial charge in [0.25, 0.3) is 0 Å². The Morgan fingerprint density at radius 1 is 1.14 bits per heavy atom. The lowest BCUT2D eigenvalue weighted by molar-refractivity contribution is -0.119. The number of hydrogen-bond acceptors (Lipinski definition) is 2. The van der Waals surface area contributed by atoms with Gasteiger partial charge in [0.1, 0.15) is 0 Å². The highest BCUT2D eigenvalue weighted by molar-refractivity contribution is 9.10. The maximum atomic E-state index is 12.1. The van der Waals surface area contributed by atoms with Crippen LogP contribution in [0.3, 0.4) is 0 Å². The van der Waals surface area contributed by atoms with Crippen molar-refractivity contribution in [2.45, 2.75) is 31.7 Å². The molecule has 0 bridgehead atoms. The van der Waals surface area contributed by atoms with Crippen LogP contribution in [0.2, 0.25) is 0 Å². The molecule has 0 aliphatic rings. The first kappa shape index (κ1) is 17.1. The molecule has 2 aromatic carbocycles. The van der Waals surface area contributed by atoms with Crippen LogP contribution in [0.1, 0.15) is 29.7 Å². The van der Waals surface area contributed by atoms with Gasteiger partial charge in [-0.1, -0.05) is 34.1 Å². The van der Waals surface area contributed by atoms with Crippen molar-refractivity contribution in [1.29, 1.82) is 0 Å². The van der Waals surface area contributed by atoms with Crippen LogP contribution >= 0.6 is 27.7 Å². The molecule has 116 valence electrons. The van der Waals surface area contributed by atoms with Crippen LogP contribution in [0.25, 0.3) is 0 Å². The maximum Gasteiger partial charge on any atom is 0.230 e. The number of hydrogen-bond donors (Lipinski definition) is 1. The lowest BCUT2D eigenvalue weighted by Crippen LogP contribution is -2.28. The largest absolute Gasteiger partial charge is 0.349 e. The predicted octanol–water partition coefficient (Wildman–Crippen LogP) is 5.04. The number of amides is 1. The molecule has 0 radical (unpaired) electrons. The second-order valence-corrected chi connectivity index (χ2v) is 7.34. The van der Waals surface area contributed by atoms with Crippen molar-refractivity contribution in [2.24, 2.45) is 0 Å². The molecule has 0 fully saturated rings. The standard InChI is InChI=1S/C18H20BrNOS/c1-12-4-5-15(10-13(12)2)14(3)20-18(21)11-22-17-8-6-16(19)7-9-17/h4-10,14H,11H2,1-3H3,(H,20,21)/t14-/m1/s1. The van der Waals surface area contributed by atoms with Gasteiger partial charge in [0.05, 0.1) is 11.8 Å². The number of halogens is 1. The van der Waals surface area contributed by atoms with E-state index in [1.54, 1.807) is 11.8 Å². The van der Waals surface area contributed by atoms with E-state index in [4.69, 9.17) is 0 Å². The fourth-order valence-electron chi connectivity index (χ4n) is 2.08. The monoisotopic (exact) mass is 377 g/mol. The van der Waals surface area contributed by atoms with Gasteiger partial charge in [0.2, 0.25) is 5.91 Å². The molecule has 2 nitrogen and oxygen atoms in total. The zero-order valence-corrected chi connectivity index (χ0v) is 15.4. The van der Waals surface area contributed by atoms with Gasteiger partial charge in [0, 0.05) is 9.37 Å².